The summed E-state index contributed by atoms with van der Waals surface area (Å²) < 4.78 is 28.0. The van der Waals surface area contributed by atoms with E-state index in [1.807, 2.05) is 55.9 Å². The summed E-state index contributed by atoms with van der Waals surface area (Å²) in [6, 6.07) is 24.0. The maximum atomic E-state index is 13.4. The predicted molar refractivity (Wildman–Crippen MR) is 137 cm³/mol. The summed E-state index contributed by atoms with van der Waals surface area (Å²) in [7, 11) is -3.89. The van der Waals surface area contributed by atoms with Crippen molar-refractivity contribution < 1.29 is 13.2 Å². The minimum Gasteiger partial charge on any atom is -0.354 e. The first-order chi connectivity index (χ1) is 15.9. The van der Waals surface area contributed by atoms with Crippen molar-refractivity contribution in [2.45, 2.75) is 30.9 Å². The Morgan fingerprint density at radius 1 is 0.939 bits per heavy atom. The average Bonchev–Trinajstić information content (AvgIpc) is 2.81. The highest BCUT2D eigenvalue weighted by Crippen LogP contribution is 2.27. The standard InChI is InChI=1S/C26H30N2O3S2/c1-21-14-15-25(22(2)18-21)28(33(30,31)24-12-7-4-8-13-24)19-26(29)27-16-9-17-32-20-23-10-5-3-6-11-23/h3-8,10-15,18H,9,16-17,19-20H2,1-2H3,(H,27,29). The number of rotatable bonds is 11. The fraction of sp³-hybridized carbons (Fsp3) is 0.269. The van der Waals surface area contributed by atoms with Crippen molar-refractivity contribution in [1.82, 2.24) is 5.32 Å². The molecule has 174 valence electrons. The maximum Gasteiger partial charge on any atom is 0.264 e. The van der Waals surface area contributed by atoms with E-state index in [2.05, 4.69) is 17.4 Å². The number of benzene rings is 3. The Morgan fingerprint density at radius 2 is 1.61 bits per heavy atom. The van der Waals surface area contributed by atoms with Gasteiger partial charge in [0.15, 0.2) is 0 Å². The second-order valence-corrected chi connectivity index (χ2v) is 10.8. The van der Waals surface area contributed by atoms with E-state index in [4.69, 9.17) is 0 Å². The van der Waals surface area contributed by atoms with Crippen LogP contribution in [0.25, 0.3) is 0 Å². The molecular formula is C26H30N2O3S2. The second kappa shape index (κ2) is 11.9. The summed E-state index contributed by atoms with van der Waals surface area (Å²) in [5.41, 5.74) is 3.63. The quantitative estimate of drug-likeness (QED) is 0.393. The zero-order valence-corrected chi connectivity index (χ0v) is 20.7. The SMILES string of the molecule is Cc1ccc(N(CC(=O)NCCCSCc2ccccc2)S(=O)(=O)c2ccccc2)c(C)c1. The first-order valence-corrected chi connectivity index (χ1v) is 13.5. The molecule has 0 heterocycles. The van der Waals surface area contributed by atoms with E-state index in [0.29, 0.717) is 12.2 Å². The first kappa shape index (κ1) is 24.9. The van der Waals surface area contributed by atoms with Gasteiger partial charge in [-0.25, -0.2) is 8.42 Å². The summed E-state index contributed by atoms with van der Waals surface area (Å²) in [5, 5.41) is 2.88. The van der Waals surface area contributed by atoms with Crippen LogP contribution in [-0.2, 0) is 20.6 Å². The summed E-state index contributed by atoms with van der Waals surface area (Å²) in [6.45, 7) is 4.05. The number of hydrogen-bond acceptors (Lipinski definition) is 4. The van der Waals surface area contributed by atoms with Crippen molar-refractivity contribution in [2.24, 2.45) is 0 Å². The molecule has 7 heteroatoms. The van der Waals surface area contributed by atoms with Crippen LogP contribution < -0.4 is 9.62 Å². The van der Waals surface area contributed by atoms with Gasteiger partial charge in [-0.1, -0.05) is 66.2 Å². The number of thioether (sulfide) groups is 1. The molecule has 0 unspecified atom stereocenters. The molecular weight excluding hydrogens is 452 g/mol. The van der Waals surface area contributed by atoms with Gasteiger partial charge in [-0.15, -0.1) is 0 Å². The predicted octanol–water partition coefficient (Wildman–Crippen LogP) is 4.94. The van der Waals surface area contributed by atoms with E-state index in [1.165, 1.54) is 9.87 Å². The maximum absolute atomic E-state index is 13.4. The number of nitrogens with zero attached hydrogens (tertiary/aromatic N) is 1. The number of sulfonamides is 1. The summed E-state index contributed by atoms with van der Waals surface area (Å²) >= 11 is 1.82. The number of aryl methyl sites for hydroxylation is 2. The molecule has 0 aliphatic carbocycles. The third-order valence-corrected chi connectivity index (χ3v) is 8.03. The summed E-state index contributed by atoms with van der Waals surface area (Å²) in [5.74, 6) is 1.53. The Bertz CT molecular complexity index is 1150. The summed E-state index contributed by atoms with van der Waals surface area (Å²) in [6.07, 6.45) is 0.818. The molecule has 0 saturated heterocycles. The molecule has 0 fully saturated rings. The van der Waals surface area contributed by atoms with Crippen LogP contribution in [0.5, 0.6) is 0 Å². The molecule has 5 nitrogen and oxygen atoms in total. The number of amides is 1. The molecule has 0 aliphatic rings. The van der Waals surface area contributed by atoms with Crippen LogP contribution in [0.4, 0.5) is 5.69 Å². The van der Waals surface area contributed by atoms with Crippen LogP contribution in [0.1, 0.15) is 23.1 Å². The Kier molecular flexibility index (Phi) is 8.97. The van der Waals surface area contributed by atoms with Crippen LogP contribution >= 0.6 is 11.8 Å². The average molecular weight is 483 g/mol. The lowest BCUT2D eigenvalue weighted by Gasteiger charge is -2.26. The third kappa shape index (κ3) is 7.11. The van der Waals surface area contributed by atoms with Gasteiger partial charge in [0.2, 0.25) is 5.91 Å². The van der Waals surface area contributed by atoms with Crippen molar-refractivity contribution in [1.29, 1.82) is 0 Å². The Balaban J connectivity index is 1.62. The number of anilines is 1. The molecule has 0 bridgehead atoms. The molecule has 0 atom stereocenters. The van der Waals surface area contributed by atoms with Crippen LogP contribution in [0.15, 0.2) is 83.8 Å². The zero-order valence-electron chi connectivity index (χ0n) is 19.0. The van der Waals surface area contributed by atoms with Crippen molar-refractivity contribution in [3.8, 4) is 0 Å². The highest BCUT2D eigenvalue weighted by atomic mass is 32.2. The van der Waals surface area contributed by atoms with E-state index >= 15 is 0 Å². The van der Waals surface area contributed by atoms with E-state index in [-0.39, 0.29) is 17.3 Å². The van der Waals surface area contributed by atoms with Gasteiger partial charge in [0.1, 0.15) is 6.54 Å². The molecule has 1 N–H and O–H groups in total. The molecule has 33 heavy (non-hydrogen) atoms. The van der Waals surface area contributed by atoms with Gasteiger partial charge in [-0.05, 0) is 55.3 Å². The first-order valence-electron chi connectivity index (χ1n) is 10.9. The fourth-order valence-electron chi connectivity index (χ4n) is 3.46. The van der Waals surface area contributed by atoms with Gasteiger partial charge in [-0.2, -0.15) is 11.8 Å². The molecule has 3 aromatic rings. The van der Waals surface area contributed by atoms with Gasteiger partial charge in [0.25, 0.3) is 10.0 Å². The second-order valence-electron chi connectivity index (χ2n) is 7.86. The van der Waals surface area contributed by atoms with Crippen molar-refractivity contribution in [2.75, 3.05) is 23.1 Å². The lowest BCUT2D eigenvalue weighted by atomic mass is 10.1. The smallest absolute Gasteiger partial charge is 0.264 e. The minimum absolute atomic E-state index is 0.162. The van der Waals surface area contributed by atoms with E-state index in [1.54, 1.807) is 36.4 Å². The highest BCUT2D eigenvalue weighted by Gasteiger charge is 2.28. The molecule has 1 amide bonds. The number of carbonyl (C=O) groups excluding carboxylic acids is 1. The molecule has 3 rings (SSSR count). The van der Waals surface area contributed by atoms with E-state index in [9.17, 15) is 13.2 Å². The van der Waals surface area contributed by atoms with Crippen LogP contribution in [0.3, 0.4) is 0 Å². The van der Waals surface area contributed by atoms with Crippen molar-refractivity contribution >= 4 is 33.4 Å². The lowest BCUT2D eigenvalue weighted by molar-refractivity contribution is -0.119. The van der Waals surface area contributed by atoms with Gasteiger partial charge in [0.05, 0.1) is 10.6 Å². The van der Waals surface area contributed by atoms with Crippen molar-refractivity contribution in [3.05, 3.63) is 95.6 Å². The summed E-state index contributed by atoms with van der Waals surface area (Å²) in [4.78, 5) is 12.9. The van der Waals surface area contributed by atoms with Crippen LogP contribution in [0.2, 0.25) is 0 Å². The van der Waals surface area contributed by atoms with Crippen LogP contribution in [0, 0.1) is 13.8 Å². The molecule has 0 aromatic heterocycles. The van der Waals surface area contributed by atoms with Gasteiger partial charge >= 0.3 is 0 Å². The fourth-order valence-corrected chi connectivity index (χ4v) is 5.88. The Labute approximate surface area is 201 Å². The zero-order chi connectivity index (χ0) is 23.7. The number of carbonyl (C=O) groups is 1. The van der Waals surface area contributed by atoms with E-state index < -0.39 is 10.0 Å². The monoisotopic (exact) mass is 482 g/mol. The number of nitrogens with one attached hydrogen (secondary N) is 1. The molecule has 0 radical (unpaired) electrons. The minimum atomic E-state index is -3.89. The molecule has 0 spiro atoms. The van der Waals surface area contributed by atoms with Crippen molar-refractivity contribution in [3.63, 3.8) is 0 Å². The number of hydrogen-bond donors (Lipinski definition) is 1. The normalized spacial score (nSPS) is 11.2. The van der Waals surface area contributed by atoms with E-state index in [0.717, 1.165) is 29.1 Å². The topological polar surface area (TPSA) is 66.5 Å². The Morgan fingerprint density at radius 3 is 2.27 bits per heavy atom. The lowest BCUT2D eigenvalue weighted by Crippen LogP contribution is -2.41. The molecule has 0 aliphatic heterocycles. The van der Waals surface area contributed by atoms with Crippen LogP contribution in [-0.4, -0.2) is 33.2 Å². The third-order valence-electron chi connectivity index (χ3n) is 5.14. The molecule has 0 saturated carbocycles. The van der Waals surface area contributed by atoms with Gasteiger partial charge in [0, 0.05) is 12.3 Å². The highest BCUT2D eigenvalue weighted by molar-refractivity contribution is 7.98. The van der Waals surface area contributed by atoms with Gasteiger partial charge < -0.3 is 5.32 Å². The Hall–Kier alpha value is -2.77. The van der Waals surface area contributed by atoms with Gasteiger partial charge in [-0.3, -0.25) is 9.10 Å². The largest absolute Gasteiger partial charge is 0.354 e. The molecule has 3 aromatic carbocycles.